The maximum atomic E-state index is 12.3. The number of aromatic amines is 1. The molecule has 0 aliphatic carbocycles. The minimum Gasteiger partial charge on any atom is -0.462 e. The van der Waals surface area contributed by atoms with E-state index in [2.05, 4.69) is 26.9 Å². The van der Waals surface area contributed by atoms with Gasteiger partial charge in [-0.25, -0.2) is 4.79 Å². The van der Waals surface area contributed by atoms with Gasteiger partial charge in [0.15, 0.2) is 0 Å². The Morgan fingerprint density at radius 3 is 3.05 bits per heavy atom. The van der Waals surface area contributed by atoms with Crippen molar-refractivity contribution in [3.8, 4) is 11.8 Å². The lowest BCUT2D eigenvalue weighted by Gasteiger charge is -2.03. The number of ether oxygens (including phenoxy) is 1. The summed E-state index contributed by atoms with van der Waals surface area (Å²) in [5.41, 5.74) is 8.90. The van der Waals surface area contributed by atoms with Crippen LogP contribution in [0.15, 0.2) is 34.3 Å². The van der Waals surface area contributed by atoms with E-state index < -0.39 is 11.4 Å². The van der Waals surface area contributed by atoms with Crippen molar-refractivity contribution in [1.82, 2.24) is 4.98 Å². The van der Waals surface area contributed by atoms with Crippen molar-refractivity contribution in [2.24, 2.45) is 5.11 Å². The highest BCUT2D eigenvalue weighted by atomic mass is 16.5. The molecular formula is C15H12N4O3. The molecule has 110 valence electrons. The van der Waals surface area contributed by atoms with E-state index >= 15 is 0 Å². The fraction of sp³-hybridized carbons (Fsp3) is 0.200. The van der Waals surface area contributed by atoms with E-state index in [1.54, 1.807) is 25.1 Å². The molecule has 0 aliphatic rings. The second-order valence-electron chi connectivity index (χ2n) is 4.20. The molecule has 2 aromatic rings. The topological polar surface area (TPSA) is 108 Å². The summed E-state index contributed by atoms with van der Waals surface area (Å²) >= 11 is 0. The van der Waals surface area contributed by atoms with Gasteiger partial charge in [0.25, 0.3) is 0 Å². The van der Waals surface area contributed by atoms with E-state index in [4.69, 9.17) is 10.3 Å². The number of benzene rings is 1. The van der Waals surface area contributed by atoms with Gasteiger partial charge in [-0.05, 0) is 30.7 Å². The van der Waals surface area contributed by atoms with Gasteiger partial charge in [-0.1, -0.05) is 17.0 Å². The lowest BCUT2D eigenvalue weighted by atomic mass is 10.1. The normalized spacial score (nSPS) is 9.50. The highest BCUT2D eigenvalue weighted by molar-refractivity contribution is 5.93. The summed E-state index contributed by atoms with van der Waals surface area (Å²) in [6.45, 7) is 1.92. The van der Waals surface area contributed by atoms with Gasteiger partial charge < -0.3 is 9.72 Å². The third kappa shape index (κ3) is 3.26. The van der Waals surface area contributed by atoms with Crippen molar-refractivity contribution in [2.75, 3.05) is 13.2 Å². The standard InChI is InChI=1S/C15H12N4O3/c1-2-22-15(21)12-9-17-13-6-5-10(4-3-7-18-19-16)8-11(13)14(12)20/h5-6,8-9H,2,7H2,1H3,(H,17,20). The number of esters is 1. The molecule has 0 saturated heterocycles. The van der Waals surface area contributed by atoms with Crippen LogP contribution in [-0.2, 0) is 4.74 Å². The predicted octanol–water partition coefficient (Wildman–Crippen LogP) is 2.37. The van der Waals surface area contributed by atoms with E-state index in [1.165, 1.54) is 6.20 Å². The average molecular weight is 296 g/mol. The molecule has 0 unspecified atom stereocenters. The monoisotopic (exact) mass is 296 g/mol. The van der Waals surface area contributed by atoms with Gasteiger partial charge in [0, 0.05) is 27.6 Å². The molecule has 0 atom stereocenters. The third-order valence-electron chi connectivity index (χ3n) is 2.82. The Morgan fingerprint density at radius 1 is 1.50 bits per heavy atom. The summed E-state index contributed by atoms with van der Waals surface area (Å²) in [7, 11) is 0. The molecular weight excluding hydrogens is 284 g/mol. The fourth-order valence-electron chi connectivity index (χ4n) is 1.87. The SMILES string of the molecule is CCOC(=O)c1c[nH]c2ccc(C#CCN=[N+]=[N-])cc2c1=O. The molecule has 2 rings (SSSR count). The average Bonchev–Trinajstić information content (AvgIpc) is 2.52. The first kappa shape index (κ1) is 15.2. The maximum Gasteiger partial charge on any atom is 0.343 e. The van der Waals surface area contributed by atoms with Crippen molar-refractivity contribution < 1.29 is 9.53 Å². The Kier molecular flexibility index (Phi) is 4.81. The molecule has 7 nitrogen and oxygen atoms in total. The molecule has 0 bridgehead atoms. The molecule has 1 aromatic carbocycles. The Labute approximate surface area is 125 Å². The minimum atomic E-state index is -0.662. The molecule has 1 heterocycles. The number of hydrogen-bond acceptors (Lipinski definition) is 4. The number of pyridine rings is 1. The molecule has 1 N–H and O–H groups in total. The Bertz CT molecular complexity index is 883. The smallest absolute Gasteiger partial charge is 0.343 e. The summed E-state index contributed by atoms with van der Waals surface area (Å²) in [5.74, 6) is 4.80. The van der Waals surface area contributed by atoms with Crippen LogP contribution in [0.2, 0.25) is 0 Å². The van der Waals surface area contributed by atoms with E-state index in [0.29, 0.717) is 16.5 Å². The lowest BCUT2D eigenvalue weighted by molar-refractivity contribution is 0.0524. The molecule has 0 radical (unpaired) electrons. The fourth-order valence-corrected chi connectivity index (χ4v) is 1.87. The zero-order valence-corrected chi connectivity index (χ0v) is 11.8. The summed E-state index contributed by atoms with van der Waals surface area (Å²) < 4.78 is 4.85. The van der Waals surface area contributed by atoms with Crippen LogP contribution in [0.4, 0.5) is 0 Å². The van der Waals surface area contributed by atoms with Crippen molar-refractivity contribution in [3.05, 3.63) is 56.2 Å². The van der Waals surface area contributed by atoms with Gasteiger partial charge in [0.05, 0.1) is 13.2 Å². The first-order chi connectivity index (χ1) is 10.7. The number of azide groups is 1. The van der Waals surface area contributed by atoms with E-state index in [0.717, 1.165) is 0 Å². The quantitative estimate of drug-likeness (QED) is 0.309. The number of carbonyl (C=O) groups is 1. The van der Waals surface area contributed by atoms with Crippen LogP contribution >= 0.6 is 0 Å². The molecule has 0 aliphatic heterocycles. The number of H-pyrrole nitrogens is 1. The largest absolute Gasteiger partial charge is 0.462 e. The number of fused-ring (bicyclic) bond motifs is 1. The van der Waals surface area contributed by atoms with E-state index in [-0.39, 0.29) is 18.7 Å². The predicted molar refractivity (Wildman–Crippen MR) is 81.4 cm³/mol. The summed E-state index contributed by atoms with van der Waals surface area (Å²) in [6, 6.07) is 5.01. The number of carbonyl (C=O) groups excluding carboxylic acids is 1. The van der Waals surface area contributed by atoms with Gasteiger partial charge in [-0.15, -0.1) is 0 Å². The Hall–Kier alpha value is -3.23. The number of nitrogens with one attached hydrogen (secondary N) is 1. The van der Waals surface area contributed by atoms with Gasteiger partial charge in [0.2, 0.25) is 5.43 Å². The van der Waals surface area contributed by atoms with Crippen LogP contribution in [-0.4, -0.2) is 24.1 Å². The molecule has 0 amide bonds. The van der Waals surface area contributed by atoms with Gasteiger partial charge in [-0.2, -0.15) is 0 Å². The van der Waals surface area contributed by atoms with E-state index in [9.17, 15) is 9.59 Å². The summed E-state index contributed by atoms with van der Waals surface area (Å²) in [5, 5.41) is 3.65. The van der Waals surface area contributed by atoms with Gasteiger partial charge >= 0.3 is 5.97 Å². The van der Waals surface area contributed by atoms with Crippen LogP contribution in [0.3, 0.4) is 0 Å². The van der Waals surface area contributed by atoms with Gasteiger partial charge in [-0.3, -0.25) is 4.79 Å². The van der Waals surface area contributed by atoms with Crippen LogP contribution in [0.5, 0.6) is 0 Å². The van der Waals surface area contributed by atoms with Crippen molar-refractivity contribution in [2.45, 2.75) is 6.92 Å². The number of rotatable bonds is 3. The molecule has 0 spiro atoms. The van der Waals surface area contributed by atoms with Crippen molar-refractivity contribution >= 4 is 16.9 Å². The molecule has 0 fully saturated rings. The first-order valence-corrected chi connectivity index (χ1v) is 6.49. The van der Waals surface area contributed by atoms with Crippen LogP contribution in [0, 0.1) is 11.8 Å². The zero-order chi connectivity index (χ0) is 15.9. The minimum absolute atomic E-state index is 0.0476. The molecule has 22 heavy (non-hydrogen) atoms. The zero-order valence-electron chi connectivity index (χ0n) is 11.8. The number of aromatic nitrogens is 1. The molecule has 1 aromatic heterocycles. The number of hydrogen-bond donors (Lipinski definition) is 1. The molecule has 0 saturated carbocycles. The summed E-state index contributed by atoms with van der Waals surface area (Å²) in [6.07, 6.45) is 1.34. The van der Waals surface area contributed by atoms with Crippen molar-refractivity contribution in [3.63, 3.8) is 0 Å². The maximum absolute atomic E-state index is 12.3. The second-order valence-corrected chi connectivity index (χ2v) is 4.20. The third-order valence-corrected chi connectivity index (χ3v) is 2.82. The van der Waals surface area contributed by atoms with Crippen LogP contribution in [0.25, 0.3) is 21.3 Å². The number of nitrogens with zero attached hydrogens (tertiary/aromatic N) is 3. The lowest BCUT2D eigenvalue weighted by Crippen LogP contribution is -2.18. The second kappa shape index (κ2) is 6.97. The van der Waals surface area contributed by atoms with Crippen molar-refractivity contribution in [1.29, 1.82) is 0 Å². The molecule has 7 heteroatoms. The highest BCUT2D eigenvalue weighted by Gasteiger charge is 2.13. The van der Waals surface area contributed by atoms with Gasteiger partial charge in [0.1, 0.15) is 5.56 Å². The summed E-state index contributed by atoms with van der Waals surface area (Å²) in [4.78, 5) is 29.5. The van der Waals surface area contributed by atoms with Crippen LogP contribution < -0.4 is 5.43 Å². The Morgan fingerprint density at radius 2 is 2.32 bits per heavy atom. The Balaban J connectivity index is 2.47. The first-order valence-electron chi connectivity index (χ1n) is 6.49. The van der Waals surface area contributed by atoms with E-state index in [1.807, 2.05) is 0 Å². The van der Waals surface area contributed by atoms with Crippen LogP contribution in [0.1, 0.15) is 22.8 Å². The highest BCUT2D eigenvalue weighted by Crippen LogP contribution is 2.11.